The van der Waals surface area contributed by atoms with Gasteiger partial charge in [0.1, 0.15) is 33.0 Å². The molecule has 1 aliphatic carbocycles. The van der Waals surface area contributed by atoms with Gasteiger partial charge in [-0.1, -0.05) is 29.5 Å². The Morgan fingerprint density at radius 2 is 1.80 bits per heavy atom. The molecule has 12 nitrogen and oxygen atoms in total. The van der Waals surface area contributed by atoms with E-state index in [-0.39, 0.29) is 24.9 Å². The number of carbonyl (C=O) groups is 2. The van der Waals surface area contributed by atoms with E-state index in [2.05, 4.69) is 10.2 Å². The summed E-state index contributed by atoms with van der Waals surface area (Å²) >= 11 is 1.32. The number of methoxy groups -OCH3 is 1. The Labute approximate surface area is 272 Å². The lowest BCUT2D eigenvalue weighted by atomic mass is 10.0. The van der Waals surface area contributed by atoms with Crippen LogP contribution in [0, 0.1) is 6.92 Å². The highest BCUT2D eigenvalue weighted by molar-refractivity contribution is 7.19. The number of ether oxygens (including phenoxy) is 4. The van der Waals surface area contributed by atoms with Crippen molar-refractivity contribution in [2.24, 2.45) is 0 Å². The highest BCUT2D eigenvalue weighted by atomic mass is 32.1. The predicted molar refractivity (Wildman–Crippen MR) is 169 cm³/mol. The van der Waals surface area contributed by atoms with Gasteiger partial charge in [0.05, 0.1) is 49.9 Å². The van der Waals surface area contributed by atoms with Gasteiger partial charge in [0.2, 0.25) is 6.35 Å². The predicted octanol–water partition coefficient (Wildman–Crippen LogP) is 4.53. The van der Waals surface area contributed by atoms with Crippen molar-refractivity contribution >= 4 is 28.2 Å². The van der Waals surface area contributed by atoms with Gasteiger partial charge in [-0.3, -0.25) is 9.69 Å². The third-order valence-corrected chi connectivity index (χ3v) is 10.6. The summed E-state index contributed by atoms with van der Waals surface area (Å²) < 4.78 is 24.6. The molecule has 246 valence electrons. The van der Waals surface area contributed by atoms with Crippen LogP contribution >= 0.6 is 11.3 Å². The van der Waals surface area contributed by atoms with Gasteiger partial charge >= 0.3 is 5.97 Å². The summed E-state index contributed by atoms with van der Waals surface area (Å²) in [5.41, 5.74) is -0.139. The molecule has 1 saturated carbocycles. The number of esters is 1. The number of nitrogens with zero attached hydrogens (tertiary/aromatic N) is 5. The Morgan fingerprint density at radius 1 is 1.13 bits per heavy atom. The smallest absolute Gasteiger partial charge is 0.332 e. The molecule has 13 heteroatoms. The van der Waals surface area contributed by atoms with Gasteiger partial charge in [-0.05, 0) is 72.3 Å². The van der Waals surface area contributed by atoms with Crippen LogP contribution in [0.25, 0.3) is 5.00 Å². The topological polar surface area (TPSA) is 128 Å². The first kappa shape index (κ1) is 31.1. The highest BCUT2D eigenvalue weighted by Gasteiger charge is 2.63. The molecule has 2 bridgehead atoms. The van der Waals surface area contributed by atoms with Crippen LogP contribution in [-0.4, -0.2) is 86.3 Å². The van der Waals surface area contributed by atoms with Crippen LogP contribution < -0.4 is 9.64 Å². The standard InChI is InChI=1S/C33H41N5O7S/c1-19-26-27(39)37(33(12-13-33)30(40)45-32(2,3)4)31(41)36(29(26)46-28(19)38-34-14-15-35-38)18-25(23-8-6-7-9-24(23)42-5)44-22-16-20-10-11-21(17-22)43-20/h6-9,14-15,20-22,25,31,41H,10-13,16-18H2,1-5H3/t20-,21+,22-,25-,31?/m0/s1. The van der Waals surface area contributed by atoms with Crippen molar-refractivity contribution in [1.29, 1.82) is 0 Å². The number of hydrogen-bond acceptors (Lipinski definition) is 11. The zero-order valence-corrected chi connectivity index (χ0v) is 27.7. The Bertz CT molecular complexity index is 1600. The summed E-state index contributed by atoms with van der Waals surface area (Å²) in [5, 5.41) is 22.1. The Hall–Kier alpha value is -3.52. The van der Waals surface area contributed by atoms with Crippen molar-refractivity contribution in [3.8, 4) is 10.8 Å². The van der Waals surface area contributed by atoms with Crippen LogP contribution in [0.3, 0.4) is 0 Å². The molecule has 3 aliphatic heterocycles. The van der Waals surface area contributed by atoms with E-state index in [1.807, 2.05) is 31.2 Å². The quantitative estimate of drug-likeness (QED) is 0.330. The molecule has 1 aromatic carbocycles. The summed E-state index contributed by atoms with van der Waals surface area (Å²) in [6.07, 6.45) is 5.87. The summed E-state index contributed by atoms with van der Waals surface area (Å²) in [4.78, 5) is 32.6. The summed E-state index contributed by atoms with van der Waals surface area (Å²) in [6, 6.07) is 7.71. The Balaban J connectivity index is 1.31. The molecule has 7 rings (SSSR count). The van der Waals surface area contributed by atoms with Crippen LogP contribution in [0.2, 0.25) is 0 Å². The van der Waals surface area contributed by atoms with E-state index in [1.54, 1.807) is 45.2 Å². The lowest BCUT2D eigenvalue weighted by Gasteiger charge is -2.46. The number of aromatic nitrogens is 3. The number of fused-ring (bicyclic) bond motifs is 3. The minimum Gasteiger partial charge on any atom is -0.496 e. The van der Waals surface area contributed by atoms with E-state index in [0.717, 1.165) is 31.2 Å². The summed E-state index contributed by atoms with van der Waals surface area (Å²) in [5.74, 6) is -0.281. The molecule has 0 spiro atoms. The number of carbonyl (C=O) groups excluding carboxylic acids is 2. The third-order valence-electron chi connectivity index (χ3n) is 9.32. The van der Waals surface area contributed by atoms with E-state index in [1.165, 1.54) is 21.0 Å². The monoisotopic (exact) mass is 651 g/mol. The van der Waals surface area contributed by atoms with Gasteiger partial charge in [-0.2, -0.15) is 10.2 Å². The number of para-hydroxylation sites is 1. The van der Waals surface area contributed by atoms with Gasteiger partial charge in [-0.25, -0.2) is 4.79 Å². The van der Waals surface area contributed by atoms with E-state index in [0.29, 0.717) is 39.7 Å². The number of rotatable bonds is 9. The third kappa shape index (κ3) is 5.46. The number of benzene rings is 1. The second-order valence-electron chi connectivity index (χ2n) is 13.7. The number of anilines is 1. The molecule has 1 amide bonds. The number of aliphatic hydroxyl groups is 1. The van der Waals surface area contributed by atoms with Crippen molar-refractivity contribution in [1.82, 2.24) is 19.9 Å². The summed E-state index contributed by atoms with van der Waals surface area (Å²) in [7, 11) is 1.63. The van der Waals surface area contributed by atoms with Gasteiger partial charge in [0, 0.05) is 11.1 Å². The molecule has 3 aromatic rings. The van der Waals surface area contributed by atoms with E-state index in [9.17, 15) is 14.7 Å². The van der Waals surface area contributed by atoms with Crippen molar-refractivity contribution < 1.29 is 33.6 Å². The molecular weight excluding hydrogens is 610 g/mol. The van der Waals surface area contributed by atoms with Crippen molar-refractivity contribution in [2.75, 3.05) is 18.6 Å². The maximum Gasteiger partial charge on any atom is 0.332 e. The zero-order chi connectivity index (χ0) is 32.4. The van der Waals surface area contributed by atoms with E-state index < -0.39 is 35.5 Å². The maximum absolute atomic E-state index is 14.4. The molecule has 2 aromatic heterocycles. The van der Waals surface area contributed by atoms with Gasteiger partial charge < -0.3 is 29.0 Å². The van der Waals surface area contributed by atoms with Crippen molar-refractivity contribution in [3.63, 3.8) is 0 Å². The SMILES string of the molecule is COc1ccccc1[C@H](CN1c2sc(-n3nccn3)c(C)c2C(=O)N(C2(C(=O)OC(C)(C)C)CC2)C1O)O[C@@H]1C[C@H]2CC[C@@H](C1)O2. The largest absolute Gasteiger partial charge is 0.496 e. The average Bonchev–Trinajstić information content (AvgIpc) is 3.29. The first-order valence-electron chi connectivity index (χ1n) is 15.9. The molecule has 0 radical (unpaired) electrons. The lowest BCUT2D eigenvalue weighted by Crippen LogP contribution is -2.63. The Morgan fingerprint density at radius 3 is 2.43 bits per heavy atom. The number of hydrogen-bond donors (Lipinski definition) is 1. The first-order valence-corrected chi connectivity index (χ1v) is 16.8. The average molecular weight is 652 g/mol. The second kappa shape index (κ2) is 11.6. The molecule has 3 fully saturated rings. The highest BCUT2D eigenvalue weighted by Crippen LogP contribution is 2.52. The van der Waals surface area contributed by atoms with E-state index >= 15 is 0 Å². The fraction of sp³-hybridized carbons (Fsp3) is 0.576. The van der Waals surface area contributed by atoms with Crippen LogP contribution in [0.5, 0.6) is 5.75 Å². The molecule has 1 unspecified atom stereocenters. The van der Waals surface area contributed by atoms with Gasteiger partial charge in [0.15, 0.2) is 0 Å². The normalized spacial score (nSPS) is 25.7. The summed E-state index contributed by atoms with van der Waals surface area (Å²) in [6.45, 7) is 7.41. The van der Waals surface area contributed by atoms with Crippen molar-refractivity contribution in [2.45, 2.75) is 108 Å². The zero-order valence-electron chi connectivity index (χ0n) is 26.8. The lowest BCUT2D eigenvalue weighted by molar-refractivity contribution is -0.166. The molecular formula is C33H41N5O7S. The molecule has 1 N–H and O–H groups in total. The molecule has 5 heterocycles. The van der Waals surface area contributed by atoms with Crippen LogP contribution in [0.15, 0.2) is 36.7 Å². The fourth-order valence-electron chi connectivity index (χ4n) is 7.03. The van der Waals surface area contributed by atoms with E-state index in [4.69, 9.17) is 18.9 Å². The number of thiophene rings is 1. The fourth-order valence-corrected chi connectivity index (χ4v) is 8.27. The molecule has 5 atom stereocenters. The van der Waals surface area contributed by atoms with Crippen LogP contribution in [0.4, 0.5) is 5.00 Å². The van der Waals surface area contributed by atoms with Crippen molar-refractivity contribution in [3.05, 3.63) is 53.3 Å². The minimum absolute atomic E-state index is 0.0502. The first-order chi connectivity index (χ1) is 22.0. The van der Waals surface area contributed by atoms with Gasteiger partial charge in [-0.15, -0.1) is 4.80 Å². The second-order valence-corrected chi connectivity index (χ2v) is 14.6. The molecule has 46 heavy (non-hydrogen) atoms. The number of amides is 1. The van der Waals surface area contributed by atoms with Gasteiger partial charge in [0.25, 0.3) is 5.91 Å². The Kier molecular flexibility index (Phi) is 7.86. The molecule has 2 saturated heterocycles. The molecule has 4 aliphatic rings. The maximum atomic E-state index is 14.4. The van der Waals surface area contributed by atoms with Crippen LogP contribution in [0.1, 0.15) is 86.9 Å². The van der Waals surface area contributed by atoms with Crippen LogP contribution in [-0.2, 0) is 19.0 Å². The minimum atomic E-state index is -1.46. The number of aliphatic hydroxyl groups excluding tert-OH is 1.